The van der Waals surface area contributed by atoms with Crippen LogP contribution < -0.4 is 16.6 Å². The second kappa shape index (κ2) is 13.8. The number of pyridine rings is 1. The molecule has 50 heavy (non-hydrogen) atoms. The highest BCUT2D eigenvalue weighted by molar-refractivity contribution is 5.92. The van der Waals surface area contributed by atoms with E-state index in [-0.39, 0.29) is 23.0 Å². The van der Waals surface area contributed by atoms with Gasteiger partial charge in [0.2, 0.25) is 0 Å². The molecule has 1 aliphatic carbocycles. The molecule has 0 unspecified atom stereocenters. The number of ether oxygens (including phenoxy) is 1. The maximum Gasteiger partial charge on any atom is 0.337 e. The third-order valence-corrected chi connectivity index (χ3v) is 10.3. The maximum absolute atomic E-state index is 14.5. The molecule has 3 aromatic heterocycles. The van der Waals surface area contributed by atoms with E-state index in [1.54, 1.807) is 6.07 Å². The summed E-state index contributed by atoms with van der Waals surface area (Å²) in [5.41, 5.74) is 3.09. The molecule has 5 heterocycles. The maximum atomic E-state index is 14.5. The van der Waals surface area contributed by atoms with E-state index in [9.17, 15) is 18.8 Å². The van der Waals surface area contributed by atoms with Crippen molar-refractivity contribution >= 4 is 16.9 Å². The summed E-state index contributed by atoms with van der Waals surface area (Å²) in [4.78, 5) is 52.4. The third kappa shape index (κ3) is 6.40. The molecule has 0 atom stereocenters. The first-order chi connectivity index (χ1) is 24.4. The lowest BCUT2D eigenvalue weighted by atomic mass is 9.90. The van der Waals surface area contributed by atoms with E-state index in [4.69, 9.17) is 4.74 Å². The molecule has 1 saturated carbocycles. The van der Waals surface area contributed by atoms with Crippen molar-refractivity contribution in [2.24, 2.45) is 0 Å². The first kappa shape index (κ1) is 32.3. The fraction of sp³-hybridized carbons (Fsp3) is 0.395. The molecular weight excluding hydrogens is 637 g/mol. The van der Waals surface area contributed by atoms with Crippen molar-refractivity contribution in [3.63, 3.8) is 0 Å². The molecule has 2 aliphatic heterocycles. The molecule has 2 fully saturated rings. The molecule has 11 nitrogen and oxygen atoms in total. The number of fused-ring (bicyclic) bond motifs is 2. The van der Waals surface area contributed by atoms with Gasteiger partial charge in [-0.2, -0.15) is 0 Å². The van der Waals surface area contributed by atoms with E-state index in [1.165, 1.54) is 14.7 Å². The number of nitrogens with zero attached hydrogens (tertiary/aromatic N) is 6. The summed E-state index contributed by atoms with van der Waals surface area (Å²) in [7, 11) is 0. The van der Waals surface area contributed by atoms with Gasteiger partial charge in [-0.3, -0.25) is 19.1 Å². The Morgan fingerprint density at radius 1 is 0.940 bits per heavy atom. The van der Waals surface area contributed by atoms with Crippen LogP contribution in [0.2, 0.25) is 0 Å². The number of nitrogens with one attached hydrogen (secondary N) is 1. The van der Waals surface area contributed by atoms with Crippen molar-refractivity contribution in [1.29, 1.82) is 0 Å². The molecule has 8 rings (SSSR count). The van der Waals surface area contributed by atoms with Gasteiger partial charge in [-0.05, 0) is 73.4 Å². The lowest BCUT2D eigenvalue weighted by molar-refractivity contribution is 0.0342. The molecule has 0 bridgehead atoms. The number of aryl methyl sites for hydroxylation is 2. The van der Waals surface area contributed by atoms with Crippen LogP contribution >= 0.6 is 0 Å². The van der Waals surface area contributed by atoms with Crippen molar-refractivity contribution in [1.82, 2.24) is 33.9 Å². The molecule has 5 aromatic rings. The Bertz CT molecular complexity index is 2140. The summed E-state index contributed by atoms with van der Waals surface area (Å²) in [6.45, 7) is 5.07. The molecule has 2 aromatic carbocycles. The number of imidazole rings is 1. The lowest BCUT2D eigenvalue weighted by Gasteiger charge is -2.30. The number of carbonyl (C=O) groups is 1. The van der Waals surface area contributed by atoms with Gasteiger partial charge in [-0.15, -0.1) is 0 Å². The van der Waals surface area contributed by atoms with Gasteiger partial charge in [-0.1, -0.05) is 36.4 Å². The minimum absolute atomic E-state index is 0.0432. The summed E-state index contributed by atoms with van der Waals surface area (Å²) in [6.07, 6.45) is 8.09. The van der Waals surface area contributed by atoms with E-state index in [2.05, 4.69) is 49.0 Å². The van der Waals surface area contributed by atoms with E-state index < -0.39 is 23.1 Å². The van der Waals surface area contributed by atoms with Gasteiger partial charge < -0.3 is 14.6 Å². The molecule has 1 saturated heterocycles. The Hall–Kier alpha value is -4.94. The predicted molar refractivity (Wildman–Crippen MR) is 187 cm³/mol. The van der Waals surface area contributed by atoms with Crippen molar-refractivity contribution in [2.75, 3.05) is 26.3 Å². The zero-order chi connectivity index (χ0) is 34.2. The van der Waals surface area contributed by atoms with E-state index in [0.717, 1.165) is 87.9 Å². The van der Waals surface area contributed by atoms with Crippen LogP contribution in [0.1, 0.15) is 66.4 Å². The summed E-state index contributed by atoms with van der Waals surface area (Å²) >= 11 is 0. The summed E-state index contributed by atoms with van der Waals surface area (Å²) < 4.78 is 24.7. The fourth-order valence-electron chi connectivity index (χ4n) is 7.64. The Kier molecular flexibility index (Phi) is 8.88. The van der Waals surface area contributed by atoms with E-state index in [1.807, 2.05) is 24.4 Å². The second-order valence-electron chi connectivity index (χ2n) is 13.6. The minimum Gasteiger partial charge on any atom is -0.379 e. The van der Waals surface area contributed by atoms with Gasteiger partial charge in [-0.25, -0.2) is 23.7 Å². The van der Waals surface area contributed by atoms with Crippen molar-refractivity contribution in [3.05, 3.63) is 111 Å². The zero-order valence-electron chi connectivity index (χ0n) is 27.9. The standard InChI is InChI=1S/C38H40FN7O4/c39-28-21-32-35(40-22-28)45(31-5-3-4-27(20-31)26-9-7-25(8-10-26)23-43-16-18-50-19-17-43)38(49)46(37(32)48)30-13-11-29(12-14-30)41-36(47)33-24-44-15-2-1-6-34(44)42-33/h3-5,7-10,20-22,24,29-30H,1-2,6,11-19,23H2,(H,41,47)/t29-,30+. The monoisotopic (exact) mass is 677 g/mol. The highest BCUT2D eigenvalue weighted by atomic mass is 19.1. The predicted octanol–water partition coefficient (Wildman–Crippen LogP) is 4.63. The summed E-state index contributed by atoms with van der Waals surface area (Å²) in [5.74, 6) is 0.101. The average molecular weight is 678 g/mol. The van der Waals surface area contributed by atoms with Crippen LogP contribution in [0.25, 0.3) is 27.8 Å². The normalized spacial score (nSPS) is 19.7. The molecule has 1 amide bonds. The Labute approximate surface area is 288 Å². The molecule has 12 heteroatoms. The van der Waals surface area contributed by atoms with Gasteiger partial charge in [0.05, 0.1) is 30.5 Å². The van der Waals surface area contributed by atoms with Crippen LogP contribution in [0.4, 0.5) is 4.39 Å². The molecular formula is C38H40FN7O4. The van der Waals surface area contributed by atoms with Gasteiger partial charge in [0.25, 0.3) is 11.5 Å². The largest absolute Gasteiger partial charge is 0.379 e. The number of halogens is 1. The van der Waals surface area contributed by atoms with Crippen LogP contribution in [-0.4, -0.2) is 66.8 Å². The molecule has 258 valence electrons. The Morgan fingerprint density at radius 3 is 2.52 bits per heavy atom. The first-order valence-corrected chi connectivity index (χ1v) is 17.6. The van der Waals surface area contributed by atoms with Crippen LogP contribution in [0.3, 0.4) is 0 Å². The molecule has 3 aliphatic rings. The molecule has 0 spiro atoms. The van der Waals surface area contributed by atoms with Gasteiger partial charge in [0.1, 0.15) is 17.3 Å². The number of hydrogen-bond donors (Lipinski definition) is 1. The Morgan fingerprint density at radius 2 is 1.74 bits per heavy atom. The van der Waals surface area contributed by atoms with Crippen molar-refractivity contribution in [2.45, 2.75) is 70.1 Å². The third-order valence-electron chi connectivity index (χ3n) is 10.3. The van der Waals surface area contributed by atoms with Crippen molar-refractivity contribution < 1.29 is 13.9 Å². The lowest BCUT2D eigenvalue weighted by Crippen LogP contribution is -2.45. The second-order valence-corrected chi connectivity index (χ2v) is 13.6. The van der Waals surface area contributed by atoms with Gasteiger partial charge in [0, 0.05) is 50.9 Å². The van der Waals surface area contributed by atoms with Crippen molar-refractivity contribution in [3.8, 4) is 16.8 Å². The topological polar surface area (TPSA) is 116 Å². The molecule has 0 radical (unpaired) electrons. The zero-order valence-corrected chi connectivity index (χ0v) is 27.9. The fourth-order valence-corrected chi connectivity index (χ4v) is 7.64. The van der Waals surface area contributed by atoms with E-state index >= 15 is 0 Å². The number of aromatic nitrogens is 5. The number of rotatable bonds is 7. The number of benzene rings is 2. The van der Waals surface area contributed by atoms with Crippen LogP contribution in [0.15, 0.2) is 76.6 Å². The molecule has 1 N–H and O–H groups in total. The first-order valence-electron chi connectivity index (χ1n) is 17.6. The SMILES string of the molecule is O=C(N[C@H]1CC[C@@H](n2c(=O)c3cc(F)cnc3n(-c3cccc(-c4ccc(CN5CCOCC5)cc4)c3)c2=O)CC1)c1cn2c(n1)CCCC2. The highest BCUT2D eigenvalue weighted by Crippen LogP contribution is 2.29. The van der Waals surface area contributed by atoms with Gasteiger partial charge in [0.15, 0.2) is 5.65 Å². The minimum atomic E-state index is -0.648. The van der Waals surface area contributed by atoms with Crippen LogP contribution in [0.5, 0.6) is 0 Å². The van der Waals surface area contributed by atoms with Gasteiger partial charge >= 0.3 is 5.69 Å². The number of hydrogen-bond acceptors (Lipinski definition) is 7. The van der Waals surface area contributed by atoms with Crippen LogP contribution in [-0.2, 0) is 24.2 Å². The number of morpholine rings is 1. The number of amides is 1. The van der Waals surface area contributed by atoms with E-state index in [0.29, 0.717) is 37.1 Å². The Balaban J connectivity index is 1.05. The summed E-state index contributed by atoms with van der Waals surface area (Å²) in [6, 6.07) is 16.6. The smallest absolute Gasteiger partial charge is 0.337 e. The average Bonchev–Trinajstić information content (AvgIpc) is 3.59. The quantitative estimate of drug-likeness (QED) is 0.267. The number of carbonyl (C=O) groups excluding carboxylic acids is 1. The van der Waals surface area contributed by atoms with Crippen LogP contribution in [0, 0.1) is 5.82 Å². The summed E-state index contributed by atoms with van der Waals surface area (Å²) in [5, 5.41) is 3.16. The highest BCUT2D eigenvalue weighted by Gasteiger charge is 2.29.